The van der Waals surface area contributed by atoms with E-state index in [0.29, 0.717) is 11.0 Å². The van der Waals surface area contributed by atoms with Crippen LogP contribution in [-0.2, 0) is 0 Å². The van der Waals surface area contributed by atoms with Crippen LogP contribution in [0.2, 0.25) is 5.15 Å². The Morgan fingerprint density at radius 2 is 1.88 bits per heavy atom. The van der Waals surface area contributed by atoms with Crippen LogP contribution in [0.1, 0.15) is 11.1 Å². The molecule has 0 bridgehead atoms. The third-order valence-electron chi connectivity index (χ3n) is 2.39. The van der Waals surface area contributed by atoms with Crippen molar-refractivity contribution in [2.75, 3.05) is 0 Å². The third kappa shape index (κ3) is 2.52. The molecule has 0 saturated carbocycles. The number of halogens is 1. The number of ether oxygens (including phenoxy) is 1. The molecule has 0 fully saturated rings. The summed E-state index contributed by atoms with van der Waals surface area (Å²) < 4.78 is 5.60. The Balaban J connectivity index is 2.24. The molecule has 2 rings (SSSR count). The Morgan fingerprint density at radius 3 is 2.56 bits per heavy atom. The summed E-state index contributed by atoms with van der Waals surface area (Å²) in [6.45, 7) is 4.12. The van der Waals surface area contributed by atoms with E-state index in [1.165, 1.54) is 11.1 Å². The topological polar surface area (TPSA) is 22.1 Å². The zero-order valence-electron chi connectivity index (χ0n) is 9.20. The summed E-state index contributed by atoms with van der Waals surface area (Å²) in [6.07, 6.45) is 0. The lowest BCUT2D eigenvalue weighted by molar-refractivity contribution is 0.462. The maximum Gasteiger partial charge on any atom is 0.220 e. The summed E-state index contributed by atoms with van der Waals surface area (Å²) in [5.41, 5.74) is 2.44. The summed E-state index contributed by atoms with van der Waals surface area (Å²) in [5, 5.41) is 0.432. The van der Waals surface area contributed by atoms with E-state index in [1.54, 1.807) is 12.1 Å². The highest BCUT2D eigenvalue weighted by molar-refractivity contribution is 6.29. The second kappa shape index (κ2) is 4.54. The molecule has 1 heterocycles. The van der Waals surface area contributed by atoms with Crippen molar-refractivity contribution in [2.45, 2.75) is 13.8 Å². The number of pyridine rings is 1. The predicted octanol–water partition coefficient (Wildman–Crippen LogP) is 4.14. The van der Waals surface area contributed by atoms with Gasteiger partial charge in [0, 0.05) is 6.07 Å². The van der Waals surface area contributed by atoms with Crippen LogP contribution in [-0.4, -0.2) is 4.98 Å². The normalized spacial score (nSPS) is 10.2. The van der Waals surface area contributed by atoms with Gasteiger partial charge in [-0.05, 0) is 43.2 Å². The fourth-order valence-corrected chi connectivity index (χ4v) is 1.50. The van der Waals surface area contributed by atoms with Gasteiger partial charge in [-0.15, -0.1) is 0 Å². The van der Waals surface area contributed by atoms with Crippen LogP contribution >= 0.6 is 11.6 Å². The predicted molar refractivity (Wildman–Crippen MR) is 65.2 cm³/mol. The molecule has 16 heavy (non-hydrogen) atoms. The molecule has 2 aromatic rings. The largest absolute Gasteiger partial charge is 0.439 e. The van der Waals surface area contributed by atoms with Gasteiger partial charge in [0.2, 0.25) is 5.88 Å². The highest BCUT2D eigenvalue weighted by Gasteiger charge is 2.00. The number of hydrogen-bond donors (Lipinski definition) is 0. The summed E-state index contributed by atoms with van der Waals surface area (Å²) >= 11 is 5.78. The maximum absolute atomic E-state index is 5.78. The number of nitrogens with zero attached hydrogens (tertiary/aromatic N) is 1. The molecule has 0 saturated heterocycles. The summed E-state index contributed by atoms with van der Waals surface area (Å²) in [6, 6.07) is 11.2. The standard InChI is InChI=1S/C13H12ClNO/c1-9-6-7-11(8-10(9)2)16-13-5-3-4-12(14)15-13/h3-8H,1-2H3. The summed E-state index contributed by atoms with van der Waals surface area (Å²) in [7, 11) is 0. The van der Waals surface area contributed by atoms with E-state index < -0.39 is 0 Å². The first kappa shape index (κ1) is 11.0. The van der Waals surface area contributed by atoms with E-state index in [2.05, 4.69) is 11.9 Å². The molecule has 0 aliphatic rings. The lowest BCUT2D eigenvalue weighted by atomic mass is 10.1. The number of aryl methyl sites for hydroxylation is 2. The molecule has 0 spiro atoms. The third-order valence-corrected chi connectivity index (χ3v) is 2.60. The number of rotatable bonds is 2. The number of benzene rings is 1. The highest BCUT2D eigenvalue weighted by Crippen LogP contribution is 2.22. The lowest BCUT2D eigenvalue weighted by Gasteiger charge is -2.06. The van der Waals surface area contributed by atoms with Gasteiger partial charge in [-0.3, -0.25) is 0 Å². The molecule has 0 N–H and O–H groups in total. The van der Waals surface area contributed by atoms with Crippen molar-refractivity contribution in [3.05, 3.63) is 52.7 Å². The molecule has 0 aliphatic heterocycles. The fraction of sp³-hybridized carbons (Fsp3) is 0.154. The Kier molecular flexibility index (Phi) is 3.11. The first-order valence-corrected chi connectivity index (χ1v) is 5.40. The van der Waals surface area contributed by atoms with Gasteiger partial charge in [0.1, 0.15) is 10.9 Å². The molecular formula is C13H12ClNO. The van der Waals surface area contributed by atoms with Crippen LogP contribution < -0.4 is 4.74 Å². The van der Waals surface area contributed by atoms with Crippen LogP contribution in [0, 0.1) is 13.8 Å². The fourth-order valence-electron chi connectivity index (χ4n) is 1.34. The molecule has 0 radical (unpaired) electrons. The average molecular weight is 234 g/mol. The summed E-state index contributed by atoms with van der Waals surface area (Å²) in [4.78, 5) is 4.06. The van der Waals surface area contributed by atoms with E-state index >= 15 is 0 Å². The molecule has 1 aromatic carbocycles. The van der Waals surface area contributed by atoms with Crippen LogP contribution in [0.3, 0.4) is 0 Å². The molecule has 0 atom stereocenters. The molecule has 0 amide bonds. The van der Waals surface area contributed by atoms with Crippen LogP contribution in [0.15, 0.2) is 36.4 Å². The molecule has 1 aromatic heterocycles. The van der Waals surface area contributed by atoms with E-state index in [-0.39, 0.29) is 0 Å². The minimum absolute atomic E-state index is 0.432. The summed E-state index contributed by atoms with van der Waals surface area (Å²) in [5.74, 6) is 1.29. The molecule has 0 unspecified atom stereocenters. The Labute approximate surface area is 99.9 Å². The first-order valence-electron chi connectivity index (χ1n) is 5.03. The van der Waals surface area contributed by atoms with Gasteiger partial charge in [-0.1, -0.05) is 23.7 Å². The van der Waals surface area contributed by atoms with Crippen LogP contribution in [0.25, 0.3) is 0 Å². The minimum atomic E-state index is 0.432. The van der Waals surface area contributed by atoms with Crippen molar-refractivity contribution in [3.63, 3.8) is 0 Å². The van der Waals surface area contributed by atoms with E-state index in [4.69, 9.17) is 16.3 Å². The Hall–Kier alpha value is -1.54. The van der Waals surface area contributed by atoms with Gasteiger partial charge in [0.25, 0.3) is 0 Å². The Morgan fingerprint density at radius 1 is 1.06 bits per heavy atom. The SMILES string of the molecule is Cc1ccc(Oc2cccc(Cl)n2)cc1C. The van der Waals surface area contributed by atoms with Gasteiger partial charge in [0.05, 0.1) is 0 Å². The lowest BCUT2D eigenvalue weighted by Crippen LogP contribution is -1.89. The van der Waals surface area contributed by atoms with Crippen molar-refractivity contribution in [3.8, 4) is 11.6 Å². The van der Waals surface area contributed by atoms with Gasteiger partial charge >= 0.3 is 0 Å². The molecular weight excluding hydrogens is 222 g/mol. The van der Waals surface area contributed by atoms with Crippen LogP contribution in [0.5, 0.6) is 11.6 Å². The zero-order chi connectivity index (χ0) is 11.5. The number of aromatic nitrogens is 1. The average Bonchev–Trinajstić information content (AvgIpc) is 2.24. The van der Waals surface area contributed by atoms with Crippen molar-refractivity contribution < 1.29 is 4.74 Å². The minimum Gasteiger partial charge on any atom is -0.439 e. The smallest absolute Gasteiger partial charge is 0.220 e. The molecule has 3 heteroatoms. The first-order chi connectivity index (χ1) is 7.65. The van der Waals surface area contributed by atoms with E-state index in [9.17, 15) is 0 Å². The monoisotopic (exact) mass is 233 g/mol. The van der Waals surface area contributed by atoms with Crippen LogP contribution in [0.4, 0.5) is 0 Å². The molecule has 82 valence electrons. The van der Waals surface area contributed by atoms with Crippen molar-refractivity contribution in [1.82, 2.24) is 4.98 Å². The van der Waals surface area contributed by atoms with E-state index in [0.717, 1.165) is 5.75 Å². The molecule has 2 nitrogen and oxygen atoms in total. The second-order valence-corrected chi connectivity index (χ2v) is 4.03. The van der Waals surface area contributed by atoms with Gasteiger partial charge in [-0.25, -0.2) is 4.98 Å². The van der Waals surface area contributed by atoms with Gasteiger partial charge in [-0.2, -0.15) is 0 Å². The van der Waals surface area contributed by atoms with Gasteiger partial charge < -0.3 is 4.74 Å². The van der Waals surface area contributed by atoms with Crippen molar-refractivity contribution in [2.24, 2.45) is 0 Å². The number of hydrogen-bond acceptors (Lipinski definition) is 2. The Bertz CT molecular complexity index is 511. The van der Waals surface area contributed by atoms with E-state index in [1.807, 2.05) is 31.2 Å². The van der Waals surface area contributed by atoms with Crippen molar-refractivity contribution >= 4 is 11.6 Å². The second-order valence-electron chi connectivity index (χ2n) is 3.65. The van der Waals surface area contributed by atoms with Gasteiger partial charge in [0.15, 0.2) is 0 Å². The quantitative estimate of drug-likeness (QED) is 0.728. The highest BCUT2D eigenvalue weighted by atomic mass is 35.5. The molecule has 0 aliphatic carbocycles. The van der Waals surface area contributed by atoms with Crippen molar-refractivity contribution in [1.29, 1.82) is 0 Å². The maximum atomic E-state index is 5.78. The zero-order valence-corrected chi connectivity index (χ0v) is 9.95.